The highest BCUT2D eigenvalue weighted by atomic mass is 16.2. The molecule has 2 amide bonds. The number of carbonyl (C=O) groups excluding carboxylic acids is 1. The summed E-state index contributed by atoms with van der Waals surface area (Å²) in [6.07, 6.45) is 6.87. The summed E-state index contributed by atoms with van der Waals surface area (Å²) in [5.74, 6) is 0. The quantitative estimate of drug-likeness (QED) is 0.608. The van der Waals surface area contributed by atoms with Gasteiger partial charge in [0.1, 0.15) is 0 Å². The number of fused-ring (bicyclic) bond motifs is 3. The van der Waals surface area contributed by atoms with E-state index in [1.807, 2.05) is 24.1 Å². The molecule has 0 spiro atoms. The van der Waals surface area contributed by atoms with Gasteiger partial charge in [0.2, 0.25) is 0 Å². The molecule has 0 aromatic heterocycles. The Labute approximate surface area is 182 Å². The lowest BCUT2D eigenvalue weighted by Crippen LogP contribution is -2.46. The molecule has 2 heterocycles. The lowest BCUT2D eigenvalue weighted by Gasteiger charge is -2.34. The van der Waals surface area contributed by atoms with Crippen LogP contribution in [-0.4, -0.2) is 36.6 Å². The van der Waals surface area contributed by atoms with Gasteiger partial charge in [0.25, 0.3) is 0 Å². The van der Waals surface area contributed by atoms with Crippen molar-refractivity contribution in [3.05, 3.63) is 58.3 Å². The zero-order valence-corrected chi connectivity index (χ0v) is 17.8. The van der Waals surface area contributed by atoms with E-state index in [1.54, 1.807) is 0 Å². The van der Waals surface area contributed by atoms with Crippen LogP contribution in [0, 0.1) is 11.3 Å². The summed E-state index contributed by atoms with van der Waals surface area (Å²) in [4.78, 5) is 14.0. The Kier molecular flexibility index (Phi) is 5.03. The molecule has 2 aromatic carbocycles. The molecule has 2 bridgehead atoms. The van der Waals surface area contributed by atoms with Crippen molar-refractivity contribution in [1.29, 1.82) is 5.26 Å². The number of benzene rings is 2. The van der Waals surface area contributed by atoms with Crippen molar-refractivity contribution >= 4 is 17.8 Å². The van der Waals surface area contributed by atoms with Crippen molar-refractivity contribution in [2.75, 3.05) is 25.0 Å². The molecule has 2 aliphatic carbocycles. The van der Waals surface area contributed by atoms with Crippen molar-refractivity contribution in [2.45, 2.75) is 38.8 Å². The van der Waals surface area contributed by atoms with Crippen molar-refractivity contribution in [3.8, 4) is 17.2 Å². The zero-order chi connectivity index (χ0) is 21.4. The number of likely N-dealkylation sites (tertiary alicyclic amines) is 1. The number of piperidine rings is 1. The van der Waals surface area contributed by atoms with E-state index in [2.05, 4.69) is 46.3 Å². The number of carbonyl (C=O) groups is 1. The van der Waals surface area contributed by atoms with Gasteiger partial charge >= 0.3 is 6.03 Å². The average molecular weight is 414 g/mol. The molecule has 4 aliphatic rings. The lowest BCUT2D eigenvalue weighted by atomic mass is 9.81. The highest BCUT2D eigenvalue weighted by Crippen LogP contribution is 2.39. The Bertz CT molecular complexity index is 1110. The Hall–Kier alpha value is -3.46. The van der Waals surface area contributed by atoms with Gasteiger partial charge in [-0.25, -0.2) is 4.79 Å². The Morgan fingerprint density at radius 2 is 2.03 bits per heavy atom. The molecule has 0 atom stereocenters. The molecule has 31 heavy (non-hydrogen) atoms. The fourth-order valence-corrected chi connectivity index (χ4v) is 4.78. The van der Waals surface area contributed by atoms with E-state index in [0.717, 1.165) is 66.8 Å². The van der Waals surface area contributed by atoms with E-state index in [1.165, 1.54) is 16.7 Å². The SMILES string of the molecule is CCNC(=O)N1CCC(Nc2cc(-c3cc(C#N)c4cc3C4)cc3c2CNC=C3)CC1. The van der Waals surface area contributed by atoms with E-state index in [0.29, 0.717) is 12.6 Å². The van der Waals surface area contributed by atoms with Crippen LogP contribution in [0.15, 0.2) is 30.5 Å². The number of amides is 2. The maximum atomic E-state index is 12.1. The third-order valence-corrected chi connectivity index (χ3v) is 6.56. The highest BCUT2D eigenvalue weighted by molar-refractivity contribution is 5.81. The number of rotatable bonds is 4. The van der Waals surface area contributed by atoms with Crippen LogP contribution in [0.1, 0.15) is 47.6 Å². The number of anilines is 1. The fraction of sp³-hybridized carbons (Fsp3) is 0.360. The van der Waals surface area contributed by atoms with Crippen LogP contribution in [0.2, 0.25) is 0 Å². The van der Waals surface area contributed by atoms with Crippen LogP contribution >= 0.6 is 0 Å². The first-order valence-electron chi connectivity index (χ1n) is 11.1. The molecule has 0 saturated carbocycles. The Morgan fingerprint density at radius 1 is 1.23 bits per heavy atom. The summed E-state index contributed by atoms with van der Waals surface area (Å²) in [5.41, 5.74) is 9.21. The van der Waals surface area contributed by atoms with E-state index in [9.17, 15) is 10.1 Å². The molecular formula is C25H27N5O. The maximum Gasteiger partial charge on any atom is 0.317 e. The summed E-state index contributed by atoms with van der Waals surface area (Å²) in [6, 6.07) is 11.4. The van der Waals surface area contributed by atoms with Crippen LogP contribution in [0.3, 0.4) is 0 Å². The number of hydrogen-bond donors (Lipinski definition) is 3. The van der Waals surface area contributed by atoms with Gasteiger partial charge in [0.05, 0.1) is 11.6 Å². The maximum absolute atomic E-state index is 12.1. The van der Waals surface area contributed by atoms with E-state index in [-0.39, 0.29) is 6.03 Å². The first kappa shape index (κ1) is 19.5. The van der Waals surface area contributed by atoms with E-state index < -0.39 is 0 Å². The second-order valence-electron chi connectivity index (χ2n) is 8.50. The second kappa shape index (κ2) is 7.99. The summed E-state index contributed by atoms with van der Waals surface area (Å²) < 4.78 is 0. The minimum Gasteiger partial charge on any atom is -0.387 e. The van der Waals surface area contributed by atoms with Crippen molar-refractivity contribution in [2.24, 2.45) is 0 Å². The van der Waals surface area contributed by atoms with Crippen LogP contribution in [0.25, 0.3) is 17.2 Å². The fourth-order valence-electron chi connectivity index (χ4n) is 4.78. The summed E-state index contributed by atoms with van der Waals surface area (Å²) in [6.45, 7) is 4.93. The van der Waals surface area contributed by atoms with Crippen molar-refractivity contribution in [1.82, 2.24) is 15.5 Å². The van der Waals surface area contributed by atoms with E-state index in [4.69, 9.17) is 0 Å². The number of nitrogens with one attached hydrogen (secondary N) is 3. The minimum atomic E-state index is 0.0355. The largest absolute Gasteiger partial charge is 0.387 e. The molecule has 2 aliphatic heterocycles. The molecule has 6 rings (SSSR count). The standard InChI is InChI=1S/C25H27N5O/c1-2-28-25(31)30-7-4-21(5-8-30)29-24-13-19(9-16-3-6-27-15-23(16)24)22-12-20(14-26)17-10-18(22)11-17/h3,6,9-10,12-13,21,27,29H,2,4-5,7-8,11,15H2,1H3,(H,28,31). The average Bonchev–Trinajstić information content (AvgIpc) is 2.78. The van der Waals surface area contributed by atoms with Gasteiger partial charge in [-0.1, -0.05) is 6.07 Å². The van der Waals surface area contributed by atoms with Gasteiger partial charge in [-0.2, -0.15) is 5.26 Å². The summed E-state index contributed by atoms with van der Waals surface area (Å²) in [5, 5.41) is 19.5. The van der Waals surface area contributed by atoms with Gasteiger partial charge in [0, 0.05) is 43.5 Å². The normalized spacial score (nSPS) is 16.6. The first-order chi connectivity index (χ1) is 15.2. The van der Waals surface area contributed by atoms with Gasteiger partial charge < -0.3 is 20.9 Å². The monoisotopic (exact) mass is 413 g/mol. The second-order valence-corrected chi connectivity index (χ2v) is 8.50. The number of nitrogens with zero attached hydrogens (tertiary/aromatic N) is 2. The zero-order valence-electron chi connectivity index (χ0n) is 17.8. The molecule has 1 fully saturated rings. The third-order valence-electron chi connectivity index (χ3n) is 6.56. The Morgan fingerprint density at radius 3 is 2.77 bits per heavy atom. The van der Waals surface area contributed by atoms with Crippen LogP contribution in [0.4, 0.5) is 10.5 Å². The van der Waals surface area contributed by atoms with Crippen LogP contribution in [-0.2, 0) is 13.0 Å². The highest BCUT2D eigenvalue weighted by Gasteiger charge is 2.25. The molecule has 6 nitrogen and oxygen atoms in total. The molecule has 2 aromatic rings. The van der Waals surface area contributed by atoms with Crippen molar-refractivity contribution in [3.63, 3.8) is 0 Å². The van der Waals surface area contributed by atoms with Gasteiger partial charge in [-0.3, -0.25) is 0 Å². The van der Waals surface area contributed by atoms with Crippen LogP contribution < -0.4 is 16.0 Å². The Balaban J connectivity index is 1.41. The summed E-state index contributed by atoms with van der Waals surface area (Å²) >= 11 is 0. The van der Waals surface area contributed by atoms with Gasteiger partial charge in [0.15, 0.2) is 0 Å². The molecule has 0 unspecified atom stereocenters. The molecule has 3 N–H and O–H groups in total. The first-order valence-corrected chi connectivity index (χ1v) is 11.1. The van der Waals surface area contributed by atoms with Crippen LogP contribution in [0.5, 0.6) is 0 Å². The molecular weight excluding hydrogens is 386 g/mol. The van der Waals surface area contributed by atoms with Gasteiger partial charge in [-0.15, -0.1) is 0 Å². The topological polar surface area (TPSA) is 80.2 Å². The van der Waals surface area contributed by atoms with Crippen molar-refractivity contribution < 1.29 is 4.79 Å². The predicted octanol–water partition coefficient (Wildman–Crippen LogP) is 3.81. The molecule has 6 heteroatoms. The predicted molar refractivity (Wildman–Crippen MR) is 123 cm³/mol. The minimum absolute atomic E-state index is 0.0355. The summed E-state index contributed by atoms with van der Waals surface area (Å²) in [7, 11) is 0. The van der Waals surface area contributed by atoms with Gasteiger partial charge in [-0.05, 0) is 84.5 Å². The smallest absolute Gasteiger partial charge is 0.317 e. The molecule has 1 saturated heterocycles. The third kappa shape index (κ3) is 3.61. The number of nitriles is 1. The number of hydrogen-bond acceptors (Lipinski definition) is 4. The molecule has 0 radical (unpaired) electrons. The molecule has 158 valence electrons. The van der Waals surface area contributed by atoms with E-state index >= 15 is 0 Å². The lowest BCUT2D eigenvalue weighted by molar-refractivity contribution is 0.184. The number of urea groups is 1.